The van der Waals surface area contributed by atoms with Crippen LogP contribution < -0.4 is 14.2 Å². The van der Waals surface area contributed by atoms with Crippen LogP contribution in [-0.2, 0) is 9.57 Å². The summed E-state index contributed by atoms with van der Waals surface area (Å²) >= 11 is 0. The second-order valence-corrected chi connectivity index (χ2v) is 5.87. The molecule has 0 N–H and O–H groups in total. The number of benzene rings is 1. The molecule has 2 rings (SSSR count). The zero-order valence-electron chi connectivity index (χ0n) is 17.2. The molecule has 1 heterocycles. The van der Waals surface area contributed by atoms with Gasteiger partial charge in [-0.2, -0.15) is 9.97 Å². The predicted octanol–water partition coefficient (Wildman–Crippen LogP) is 3.61. The van der Waals surface area contributed by atoms with Crippen LogP contribution in [-0.4, -0.2) is 49.6 Å². The fourth-order valence-corrected chi connectivity index (χ4v) is 2.37. The molecule has 9 nitrogen and oxygen atoms in total. The Kier molecular flexibility index (Phi) is 8.20. The Balaban J connectivity index is 2.43. The van der Waals surface area contributed by atoms with Crippen molar-refractivity contribution in [1.29, 1.82) is 0 Å². The number of carbonyl (C=O) groups excluding carboxylic acids is 1. The standard InChI is InChI=1S/C20H25N3O6/c1-6-7-11-28-23-13(2)14-9-8-10-15(18(14)19(24)27-5)29-20-21-16(25-3)12-17(22-20)26-4/h8-10,12H,6-7,11H2,1-5H3/b23-13+. The molecule has 0 saturated carbocycles. The number of hydrogen-bond acceptors (Lipinski definition) is 9. The minimum absolute atomic E-state index is 0.0442. The van der Waals surface area contributed by atoms with Gasteiger partial charge >= 0.3 is 12.0 Å². The highest BCUT2D eigenvalue weighted by molar-refractivity contribution is 6.09. The largest absolute Gasteiger partial charge is 0.481 e. The second kappa shape index (κ2) is 10.8. The van der Waals surface area contributed by atoms with E-state index < -0.39 is 5.97 Å². The van der Waals surface area contributed by atoms with Gasteiger partial charge in [-0.25, -0.2) is 4.79 Å². The minimum atomic E-state index is -0.589. The lowest BCUT2D eigenvalue weighted by molar-refractivity contribution is 0.0597. The van der Waals surface area contributed by atoms with Gasteiger partial charge in [0.15, 0.2) is 0 Å². The average molecular weight is 403 g/mol. The summed E-state index contributed by atoms with van der Waals surface area (Å²) in [4.78, 5) is 26.0. The van der Waals surface area contributed by atoms with Gasteiger partial charge in [-0.15, -0.1) is 0 Å². The van der Waals surface area contributed by atoms with Gasteiger partial charge in [0.2, 0.25) is 11.8 Å². The van der Waals surface area contributed by atoms with Crippen LogP contribution in [0.1, 0.15) is 42.6 Å². The Morgan fingerprint density at radius 3 is 2.38 bits per heavy atom. The first-order valence-corrected chi connectivity index (χ1v) is 9.07. The first-order valence-electron chi connectivity index (χ1n) is 9.07. The highest BCUT2D eigenvalue weighted by Gasteiger charge is 2.22. The maximum absolute atomic E-state index is 12.5. The lowest BCUT2D eigenvalue weighted by Crippen LogP contribution is -2.12. The van der Waals surface area contributed by atoms with Crippen molar-refractivity contribution in [2.24, 2.45) is 5.16 Å². The van der Waals surface area contributed by atoms with Crippen molar-refractivity contribution >= 4 is 11.7 Å². The number of oxime groups is 1. The van der Waals surface area contributed by atoms with E-state index in [0.29, 0.717) is 17.9 Å². The number of unbranched alkanes of at least 4 members (excludes halogenated alkanes) is 1. The maximum atomic E-state index is 12.5. The fourth-order valence-electron chi connectivity index (χ4n) is 2.37. The molecule has 0 saturated heterocycles. The molecule has 1 aromatic heterocycles. The van der Waals surface area contributed by atoms with Gasteiger partial charge in [-0.1, -0.05) is 30.6 Å². The van der Waals surface area contributed by atoms with Crippen molar-refractivity contribution < 1.29 is 28.6 Å². The third-order valence-electron chi connectivity index (χ3n) is 3.87. The molecular weight excluding hydrogens is 378 g/mol. The Hall–Kier alpha value is -3.36. The zero-order valence-corrected chi connectivity index (χ0v) is 17.2. The summed E-state index contributed by atoms with van der Waals surface area (Å²) in [6.45, 7) is 4.29. The van der Waals surface area contributed by atoms with Crippen molar-refractivity contribution in [1.82, 2.24) is 9.97 Å². The van der Waals surface area contributed by atoms with E-state index in [9.17, 15) is 4.79 Å². The number of hydrogen-bond donors (Lipinski definition) is 0. The van der Waals surface area contributed by atoms with Crippen molar-refractivity contribution in [3.05, 3.63) is 35.4 Å². The van der Waals surface area contributed by atoms with E-state index in [4.69, 9.17) is 23.8 Å². The monoisotopic (exact) mass is 403 g/mol. The van der Waals surface area contributed by atoms with Crippen molar-refractivity contribution in [3.63, 3.8) is 0 Å². The second-order valence-electron chi connectivity index (χ2n) is 5.87. The first kappa shape index (κ1) is 21.9. The van der Waals surface area contributed by atoms with Gasteiger partial charge in [0, 0.05) is 5.56 Å². The minimum Gasteiger partial charge on any atom is -0.481 e. The summed E-state index contributed by atoms with van der Waals surface area (Å²) in [7, 11) is 4.22. The quantitative estimate of drug-likeness (QED) is 0.257. The topological polar surface area (TPSA) is 101 Å². The van der Waals surface area contributed by atoms with Crippen LogP contribution in [0.2, 0.25) is 0 Å². The number of esters is 1. The summed E-state index contributed by atoms with van der Waals surface area (Å²) in [5.74, 6) is 0.121. The molecule has 2 aromatic rings. The van der Waals surface area contributed by atoms with Gasteiger partial charge in [0.25, 0.3) is 0 Å². The zero-order chi connectivity index (χ0) is 21.2. The van der Waals surface area contributed by atoms with Crippen LogP contribution in [0, 0.1) is 0 Å². The van der Waals surface area contributed by atoms with E-state index in [1.165, 1.54) is 27.4 Å². The van der Waals surface area contributed by atoms with Crippen molar-refractivity contribution in [2.45, 2.75) is 26.7 Å². The number of ether oxygens (including phenoxy) is 4. The maximum Gasteiger partial charge on any atom is 0.342 e. The van der Waals surface area contributed by atoms with Crippen molar-refractivity contribution in [3.8, 4) is 23.5 Å². The lowest BCUT2D eigenvalue weighted by atomic mass is 10.0. The number of nitrogens with zero attached hydrogens (tertiary/aromatic N) is 3. The number of carbonyl (C=O) groups is 1. The normalized spacial score (nSPS) is 11.0. The van der Waals surface area contributed by atoms with E-state index >= 15 is 0 Å². The van der Waals surface area contributed by atoms with Crippen LogP contribution in [0.4, 0.5) is 0 Å². The summed E-state index contributed by atoms with van der Waals surface area (Å²) in [6, 6.07) is 6.52. The van der Waals surface area contributed by atoms with E-state index in [-0.39, 0.29) is 29.1 Å². The van der Waals surface area contributed by atoms with Gasteiger partial charge in [-0.3, -0.25) is 0 Å². The molecule has 156 valence electrons. The highest BCUT2D eigenvalue weighted by Crippen LogP contribution is 2.29. The van der Waals surface area contributed by atoms with Crippen LogP contribution >= 0.6 is 0 Å². The van der Waals surface area contributed by atoms with Crippen LogP contribution in [0.25, 0.3) is 0 Å². The average Bonchev–Trinajstić information content (AvgIpc) is 2.75. The molecule has 29 heavy (non-hydrogen) atoms. The molecule has 0 bridgehead atoms. The summed E-state index contributed by atoms with van der Waals surface area (Å²) in [5.41, 5.74) is 1.21. The molecule has 0 unspecified atom stereocenters. The summed E-state index contributed by atoms with van der Waals surface area (Å²) < 4.78 is 20.9. The third kappa shape index (κ3) is 5.81. The molecule has 0 aliphatic carbocycles. The van der Waals surface area contributed by atoms with E-state index in [2.05, 4.69) is 22.0 Å². The summed E-state index contributed by atoms with van der Waals surface area (Å²) in [5, 5.41) is 4.09. The van der Waals surface area contributed by atoms with Crippen LogP contribution in [0.15, 0.2) is 29.4 Å². The smallest absolute Gasteiger partial charge is 0.342 e. The molecule has 0 aliphatic heterocycles. The molecule has 0 fully saturated rings. The van der Waals surface area contributed by atoms with Gasteiger partial charge < -0.3 is 23.8 Å². The molecular formula is C20H25N3O6. The highest BCUT2D eigenvalue weighted by atomic mass is 16.6. The van der Waals surface area contributed by atoms with Crippen molar-refractivity contribution in [2.75, 3.05) is 27.9 Å². The molecule has 0 radical (unpaired) electrons. The molecule has 9 heteroatoms. The number of rotatable bonds is 10. The Morgan fingerprint density at radius 1 is 1.10 bits per heavy atom. The third-order valence-corrected chi connectivity index (χ3v) is 3.87. The number of aromatic nitrogens is 2. The van der Waals surface area contributed by atoms with E-state index in [1.54, 1.807) is 25.1 Å². The Bertz CT molecular complexity index is 847. The predicted molar refractivity (Wildman–Crippen MR) is 106 cm³/mol. The first-order chi connectivity index (χ1) is 14.0. The SMILES string of the molecule is CCCCO/N=C(\C)c1cccc(Oc2nc(OC)cc(OC)n2)c1C(=O)OC. The van der Waals surface area contributed by atoms with E-state index in [1.807, 2.05) is 0 Å². The molecule has 0 spiro atoms. The molecule has 1 aromatic carbocycles. The van der Waals surface area contributed by atoms with Gasteiger partial charge in [-0.05, 0) is 19.4 Å². The van der Waals surface area contributed by atoms with Crippen LogP contribution in [0.3, 0.4) is 0 Å². The molecule has 0 amide bonds. The number of methoxy groups -OCH3 is 3. The van der Waals surface area contributed by atoms with Crippen LogP contribution in [0.5, 0.6) is 23.5 Å². The molecule has 0 atom stereocenters. The fraction of sp³-hybridized carbons (Fsp3) is 0.400. The Morgan fingerprint density at radius 2 is 1.79 bits per heavy atom. The lowest BCUT2D eigenvalue weighted by Gasteiger charge is -2.13. The van der Waals surface area contributed by atoms with Gasteiger partial charge in [0.05, 0.1) is 33.1 Å². The van der Waals surface area contributed by atoms with E-state index in [0.717, 1.165) is 12.8 Å². The molecule has 0 aliphatic rings. The Labute approximate surface area is 169 Å². The van der Waals surface area contributed by atoms with Gasteiger partial charge in [0.1, 0.15) is 17.9 Å². The summed E-state index contributed by atoms with van der Waals surface area (Å²) in [6.07, 6.45) is 1.88.